The van der Waals surface area contributed by atoms with Crippen LogP contribution in [0.15, 0.2) is 253 Å². The van der Waals surface area contributed by atoms with Gasteiger partial charge < -0.3 is 0 Å². The summed E-state index contributed by atoms with van der Waals surface area (Å²) >= 11 is 0. The van der Waals surface area contributed by atoms with E-state index in [1.807, 2.05) is 12.3 Å². The summed E-state index contributed by atoms with van der Waals surface area (Å²) in [6, 6.07) is 87.3. The summed E-state index contributed by atoms with van der Waals surface area (Å²) in [6.45, 7) is 6.35. The van der Waals surface area contributed by atoms with E-state index in [1.54, 1.807) is 0 Å². The summed E-state index contributed by atoms with van der Waals surface area (Å²) in [6.07, 6.45) is 1.93. The van der Waals surface area contributed by atoms with Crippen molar-refractivity contribution in [1.29, 1.82) is 5.41 Å². The molecule has 0 bridgehead atoms. The molecule has 0 aliphatic carbocycles. The molecule has 0 saturated heterocycles. The number of nitrogens with one attached hydrogen (secondary N) is 1. The number of benzene rings is 9. The van der Waals surface area contributed by atoms with E-state index in [9.17, 15) is 5.41 Å². The molecule has 0 aliphatic heterocycles. The van der Waals surface area contributed by atoms with E-state index in [4.69, 9.17) is 9.98 Å². The second-order valence-electron chi connectivity index (χ2n) is 16.7. The molecule has 0 aliphatic rings. The maximum Gasteiger partial charge on any atom is 0.179 e. The highest BCUT2D eigenvalue weighted by Crippen LogP contribution is 2.20. The maximum absolute atomic E-state index is 9.75. The van der Waals surface area contributed by atoms with Crippen molar-refractivity contribution in [2.45, 2.75) is 20.8 Å². The van der Waals surface area contributed by atoms with E-state index in [2.05, 4.69) is 257 Å². The molecule has 9 aromatic rings. The maximum atomic E-state index is 9.75. The third kappa shape index (κ3) is 8.36. The van der Waals surface area contributed by atoms with Gasteiger partial charge in [-0.2, -0.15) is 0 Å². The lowest BCUT2D eigenvalue weighted by Gasteiger charge is -2.34. The van der Waals surface area contributed by atoms with Gasteiger partial charge in [-0.25, -0.2) is 9.98 Å². The minimum atomic E-state index is -2.83. The number of hydrogen-bond donors (Lipinski definition) is 1. The Morgan fingerprint density at radius 2 is 0.723 bits per heavy atom. The minimum absolute atomic E-state index is 0.160. The van der Waals surface area contributed by atoms with Gasteiger partial charge in [-0.15, -0.1) is 0 Å². The van der Waals surface area contributed by atoms with Crippen LogP contribution in [0.2, 0.25) is 0 Å². The molecule has 5 heteroatoms. The van der Waals surface area contributed by atoms with Gasteiger partial charge in [-0.1, -0.05) is 248 Å². The molecular weight excluding hydrogens is 819 g/mol. The molecule has 0 unspecified atom stereocenters. The molecule has 0 aromatic heterocycles. The van der Waals surface area contributed by atoms with Gasteiger partial charge in [0.25, 0.3) is 0 Å². The molecule has 0 amide bonds. The Bertz CT molecular complexity index is 2900. The largest absolute Gasteiger partial charge is 0.282 e. The van der Waals surface area contributed by atoms with Crippen LogP contribution >= 0.6 is 0 Å². The van der Waals surface area contributed by atoms with Crippen LogP contribution in [-0.4, -0.2) is 34.0 Å². The molecule has 0 fully saturated rings. The van der Waals surface area contributed by atoms with E-state index in [0.29, 0.717) is 5.84 Å². The van der Waals surface area contributed by atoms with Crippen LogP contribution in [0.25, 0.3) is 0 Å². The topological polar surface area (TPSA) is 48.6 Å². The quantitative estimate of drug-likeness (QED) is 0.0590. The number of nitrogens with zero attached hydrogens (tertiary/aromatic N) is 2. The molecule has 314 valence electrons. The fourth-order valence-corrected chi connectivity index (χ4v) is 19.5. The van der Waals surface area contributed by atoms with Gasteiger partial charge in [-0.05, 0) is 79.0 Å². The van der Waals surface area contributed by atoms with Crippen LogP contribution in [0.3, 0.4) is 0 Å². The van der Waals surface area contributed by atoms with Crippen molar-refractivity contribution in [1.82, 2.24) is 0 Å². The van der Waals surface area contributed by atoms with Gasteiger partial charge in [0.2, 0.25) is 0 Å². The molecule has 0 atom stereocenters. The van der Waals surface area contributed by atoms with Crippen molar-refractivity contribution in [2.24, 2.45) is 9.98 Å². The van der Waals surface area contributed by atoms with E-state index < -0.39 is 16.1 Å². The molecule has 0 radical (unpaired) electrons. The lowest BCUT2D eigenvalue weighted by atomic mass is 9.99. The van der Waals surface area contributed by atoms with Crippen molar-refractivity contribution < 1.29 is 0 Å². The highest BCUT2D eigenvalue weighted by molar-refractivity contribution is 7.20. The fourth-order valence-electron chi connectivity index (χ4n) is 9.87. The molecule has 3 nitrogen and oxygen atoms in total. The molecule has 65 heavy (non-hydrogen) atoms. The number of aryl methyl sites for hydroxylation is 3. The van der Waals surface area contributed by atoms with E-state index in [1.165, 1.54) is 47.1 Å². The smallest absolute Gasteiger partial charge is 0.179 e. The van der Waals surface area contributed by atoms with Crippen LogP contribution in [0, 0.1) is 26.2 Å². The number of rotatable bonds is 11. The van der Waals surface area contributed by atoms with Crippen LogP contribution < -0.4 is 41.5 Å². The van der Waals surface area contributed by atoms with Crippen molar-refractivity contribution in [3.05, 3.63) is 276 Å². The zero-order chi connectivity index (χ0) is 44.6. The van der Waals surface area contributed by atoms with Gasteiger partial charge in [-0.3, -0.25) is 5.41 Å². The van der Waals surface area contributed by atoms with Crippen molar-refractivity contribution in [2.75, 3.05) is 0 Å². The van der Waals surface area contributed by atoms with Gasteiger partial charge in [0.1, 0.15) is 0 Å². The summed E-state index contributed by atoms with van der Waals surface area (Å²) in [5, 5.41) is 20.0. The van der Waals surface area contributed by atoms with Crippen LogP contribution in [0.4, 0.5) is 0 Å². The number of amidine groups is 2. The summed E-state index contributed by atoms with van der Waals surface area (Å²) in [4.78, 5) is 10.4. The van der Waals surface area contributed by atoms with Crippen molar-refractivity contribution in [3.63, 3.8) is 0 Å². The summed E-state index contributed by atoms with van der Waals surface area (Å²) < 4.78 is 0. The standard InChI is InChI=1S/C60H51N3Si2/c1-45-40-46(2)58(47(3)41-45)60(62-44-48-24-22-38-56(42-48)64(50-26-10-4-11-27-50,51-28-12-5-13-29-51)52-30-14-6-15-31-52)63-59(61)49-25-23-39-57(43-49)65(53-32-16-7-17-33-53,54-34-18-8-19-35-54)55-36-20-9-21-37-55/h4-44,61H,1-3H3. The Kier molecular flexibility index (Phi) is 12.5. The Morgan fingerprint density at radius 1 is 0.385 bits per heavy atom. The van der Waals surface area contributed by atoms with E-state index in [-0.39, 0.29) is 5.84 Å². The lowest BCUT2D eigenvalue weighted by Crippen LogP contribution is -2.74. The van der Waals surface area contributed by atoms with Crippen LogP contribution in [0.5, 0.6) is 0 Å². The highest BCUT2D eigenvalue weighted by Gasteiger charge is 2.42. The first-order chi connectivity index (χ1) is 31.9. The second kappa shape index (κ2) is 19.0. The third-order valence-electron chi connectivity index (χ3n) is 12.6. The zero-order valence-electron chi connectivity index (χ0n) is 37.1. The predicted octanol–water partition coefficient (Wildman–Crippen LogP) is 8.26. The van der Waals surface area contributed by atoms with Crippen molar-refractivity contribution in [3.8, 4) is 0 Å². The third-order valence-corrected chi connectivity index (χ3v) is 22.1. The second-order valence-corrected chi connectivity index (χ2v) is 24.3. The Morgan fingerprint density at radius 3 is 1.11 bits per heavy atom. The molecule has 0 heterocycles. The van der Waals surface area contributed by atoms with Gasteiger partial charge in [0.05, 0.1) is 0 Å². The first kappa shape index (κ1) is 42.7. The monoisotopic (exact) mass is 869 g/mol. The zero-order valence-corrected chi connectivity index (χ0v) is 39.1. The normalized spacial score (nSPS) is 12.0. The average Bonchev–Trinajstić information content (AvgIpc) is 3.36. The highest BCUT2D eigenvalue weighted by atomic mass is 28.3. The first-order valence-corrected chi connectivity index (χ1v) is 26.2. The number of aliphatic imine (C=N–C) groups is 2. The summed E-state index contributed by atoms with van der Waals surface area (Å²) in [5.74, 6) is 0.670. The average molecular weight is 870 g/mol. The molecule has 1 N–H and O–H groups in total. The van der Waals surface area contributed by atoms with E-state index in [0.717, 1.165) is 27.8 Å². The van der Waals surface area contributed by atoms with Gasteiger partial charge in [0, 0.05) is 17.3 Å². The SMILES string of the molecule is Cc1cc(C)c(C(N=Cc2cccc([Si](c3ccccc3)(c3ccccc3)c3ccccc3)c2)=NC(=N)c2cccc([Si](c3ccccc3)(c3ccccc3)c3ccccc3)c2)c(C)c1. The van der Waals surface area contributed by atoms with Crippen LogP contribution in [0.1, 0.15) is 33.4 Å². The molecule has 9 rings (SSSR count). The molecular formula is C60H51N3Si2. The van der Waals surface area contributed by atoms with Crippen molar-refractivity contribution >= 4 is 75.5 Å². The Hall–Kier alpha value is -7.58. The Balaban J connectivity index is 1.19. The number of hydrogen-bond acceptors (Lipinski definition) is 1. The van der Waals surface area contributed by atoms with Crippen LogP contribution in [-0.2, 0) is 0 Å². The minimum Gasteiger partial charge on any atom is -0.282 e. The predicted molar refractivity (Wildman–Crippen MR) is 282 cm³/mol. The summed E-state index contributed by atoms with van der Waals surface area (Å²) in [7, 11) is -5.59. The molecule has 0 spiro atoms. The fraction of sp³-hybridized carbons (Fsp3) is 0.0500. The van der Waals surface area contributed by atoms with E-state index >= 15 is 0 Å². The summed E-state index contributed by atoms with van der Waals surface area (Å²) in [5.41, 5.74) is 5.96. The lowest BCUT2D eigenvalue weighted by molar-refractivity contribution is 1.28. The Labute approximate surface area is 385 Å². The molecule has 9 aromatic carbocycles. The molecule has 0 saturated carbocycles. The first-order valence-electron chi connectivity index (χ1n) is 22.2. The van der Waals surface area contributed by atoms with Gasteiger partial charge >= 0.3 is 0 Å². The van der Waals surface area contributed by atoms with Gasteiger partial charge in [0.15, 0.2) is 27.8 Å².